The molecule has 0 bridgehead atoms. The number of aromatic nitrogens is 2. The van der Waals surface area contributed by atoms with E-state index in [-0.39, 0.29) is 17.3 Å². The summed E-state index contributed by atoms with van der Waals surface area (Å²) in [7, 11) is -3.66. The SMILES string of the molecule is O=S(=O)(NCc1nc(-c2cccc(Cl)c2)no1)c1ccc(Br)cc1. The molecule has 0 unspecified atom stereocenters. The van der Waals surface area contributed by atoms with Crippen LogP contribution in [-0.2, 0) is 16.6 Å². The van der Waals surface area contributed by atoms with Gasteiger partial charge in [-0.25, -0.2) is 13.1 Å². The summed E-state index contributed by atoms with van der Waals surface area (Å²) in [4.78, 5) is 4.31. The minimum atomic E-state index is -3.66. The quantitative estimate of drug-likeness (QED) is 0.671. The fourth-order valence-electron chi connectivity index (χ4n) is 1.93. The first-order valence-corrected chi connectivity index (χ1v) is 9.43. The summed E-state index contributed by atoms with van der Waals surface area (Å²) in [6.07, 6.45) is 0. The van der Waals surface area contributed by atoms with Gasteiger partial charge >= 0.3 is 0 Å². The molecule has 0 amide bonds. The Hall–Kier alpha value is -1.74. The summed E-state index contributed by atoms with van der Waals surface area (Å²) in [6, 6.07) is 13.3. The Morgan fingerprint density at radius 3 is 2.62 bits per heavy atom. The van der Waals surface area contributed by atoms with E-state index >= 15 is 0 Å². The zero-order chi connectivity index (χ0) is 17.2. The molecule has 3 rings (SSSR count). The number of sulfonamides is 1. The maximum Gasteiger partial charge on any atom is 0.242 e. The van der Waals surface area contributed by atoms with E-state index in [0.717, 1.165) is 4.47 Å². The molecule has 24 heavy (non-hydrogen) atoms. The van der Waals surface area contributed by atoms with Gasteiger partial charge in [0.25, 0.3) is 0 Å². The number of nitrogens with one attached hydrogen (secondary N) is 1. The van der Waals surface area contributed by atoms with Crippen molar-refractivity contribution in [3.05, 3.63) is 63.9 Å². The van der Waals surface area contributed by atoms with E-state index in [1.54, 1.807) is 36.4 Å². The van der Waals surface area contributed by atoms with Crippen LogP contribution in [0.2, 0.25) is 5.02 Å². The lowest BCUT2D eigenvalue weighted by molar-refractivity contribution is 0.376. The number of hydrogen-bond acceptors (Lipinski definition) is 5. The largest absolute Gasteiger partial charge is 0.338 e. The van der Waals surface area contributed by atoms with Crippen LogP contribution in [0.25, 0.3) is 11.4 Å². The molecule has 9 heteroatoms. The molecule has 0 saturated heterocycles. The first kappa shape index (κ1) is 17.1. The molecule has 1 N–H and O–H groups in total. The third-order valence-corrected chi connectivity index (χ3v) is 5.27. The zero-order valence-corrected chi connectivity index (χ0v) is 15.3. The van der Waals surface area contributed by atoms with Crippen LogP contribution in [0, 0.1) is 0 Å². The summed E-state index contributed by atoms with van der Waals surface area (Å²) in [5.74, 6) is 0.501. The zero-order valence-electron chi connectivity index (χ0n) is 12.1. The van der Waals surface area contributed by atoms with E-state index in [0.29, 0.717) is 16.4 Å². The van der Waals surface area contributed by atoms with Crippen molar-refractivity contribution in [2.45, 2.75) is 11.4 Å². The predicted octanol–water partition coefficient (Wildman–Crippen LogP) is 3.63. The predicted molar refractivity (Wildman–Crippen MR) is 92.9 cm³/mol. The minimum Gasteiger partial charge on any atom is -0.338 e. The molecule has 1 aromatic heterocycles. The van der Waals surface area contributed by atoms with Crippen molar-refractivity contribution in [3.8, 4) is 11.4 Å². The van der Waals surface area contributed by atoms with Gasteiger partial charge in [-0.2, -0.15) is 4.98 Å². The van der Waals surface area contributed by atoms with Crippen LogP contribution in [0.1, 0.15) is 5.89 Å². The lowest BCUT2D eigenvalue weighted by Gasteiger charge is -2.04. The molecule has 0 aliphatic rings. The molecule has 2 aromatic carbocycles. The molecule has 0 atom stereocenters. The van der Waals surface area contributed by atoms with Gasteiger partial charge in [-0.3, -0.25) is 0 Å². The minimum absolute atomic E-state index is 0.105. The van der Waals surface area contributed by atoms with Crippen LogP contribution in [0.15, 0.2) is 62.4 Å². The molecular formula is C15H11BrClN3O3S. The first-order valence-electron chi connectivity index (χ1n) is 6.78. The van der Waals surface area contributed by atoms with Gasteiger partial charge < -0.3 is 4.52 Å². The van der Waals surface area contributed by atoms with E-state index in [4.69, 9.17) is 16.1 Å². The molecular weight excluding hydrogens is 418 g/mol. The highest BCUT2D eigenvalue weighted by Gasteiger charge is 2.16. The van der Waals surface area contributed by atoms with Crippen molar-refractivity contribution >= 4 is 37.6 Å². The second-order valence-electron chi connectivity index (χ2n) is 4.80. The van der Waals surface area contributed by atoms with Gasteiger partial charge in [0.15, 0.2) is 0 Å². The third kappa shape index (κ3) is 4.02. The molecule has 0 aliphatic carbocycles. The van der Waals surface area contributed by atoms with Gasteiger partial charge in [0, 0.05) is 15.1 Å². The van der Waals surface area contributed by atoms with Crippen LogP contribution in [0.3, 0.4) is 0 Å². The molecule has 6 nitrogen and oxygen atoms in total. The monoisotopic (exact) mass is 427 g/mol. The Labute approximate surface area is 152 Å². The highest BCUT2D eigenvalue weighted by Crippen LogP contribution is 2.20. The summed E-state index contributed by atoms with van der Waals surface area (Å²) in [5.41, 5.74) is 0.688. The Kier molecular flexibility index (Phi) is 5.00. The van der Waals surface area contributed by atoms with Crippen molar-refractivity contribution < 1.29 is 12.9 Å². The summed E-state index contributed by atoms with van der Waals surface area (Å²) < 4.78 is 32.7. The van der Waals surface area contributed by atoms with Crippen molar-refractivity contribution in [2.75, 3.05) is 0 Å². The fourth-order valence-corrected chi connectivity index (χ4v) is 3.35. The fraction of sp³-hybridized carbons (Fsp3) is 0.0667. The second-order valence-corrected chi connectivity index (χ2v) is 7.92. The number of hydrogen-bond donors (Lipinski definition) is 1. The summed E-state index contributed by atoms with van der Waals surface area (Å²) in [5, 5.41) is 4.38. The molecule has 0 saturated carbocycles. The summed E-state index contributed by atoms with van der Waals surface area (Å²) >= 11 is 9.18. The van der Waals surface area contributed by atoms with E-state index in [9.17, 15) is 8.42 Å². The van der Waals surface area contributed by atoms with Gasteiger partial charge in [0.2, 0.25) is 21.7 Å². The Morgan fingerprint density at radius 1 is 1.17 bits per heavy atom. The van der Waals surface area contributed by atoms with Gasteiger partial charge in [-0.1, -0.05) is 44.8 Å². The maximum absolute atomic E-state index is 12.2. The average molecular weight is 429 g/mol. The van der Waals surface area contributed by atoms with Crippen molar-refractivity contribution in [1.29, 1.82) is 0 Å². The van der Waals surface area contributed by atoms with Crippen LogP contribution in [0.5, 0.6) is 0 Å². The van der Waals surface area contributed by atoms with Crippen LogP contribution >= 0.6 is 27.5 Å². The van der Waals surface area contributed by atoms with Gasteiger partial charge in [-0.15, -0.1) is 0 Å². The maximum atomic E-state index is 12.2. The van der Waals surface area contributed by atoms with E-state index in [2.05, 4.69) is 30.8 Å². The Morgan fingerprint density at radius 2 is 1.92 bits per heavy atom. The molecule has 0 radical (unpaired) electrons. The average Bonchev–Trinajstić information content (AvgIpc) is 3.03. The highest BCUT2D eigenvalue weighted by atomic mass is 79.9. The van der Waals surface area contributed by atoms with Crippen LogP contribution in [-0.4, -0.2) is 18.6 Å². The standard InChI is InChI=1S/C15H11BrClN3O3S/c16-11-4-6-13(7-5-11)24(21,22)18-9-14-19-15(20-23-14)10-2-1-3-12(17)8-10/h1-8,18H,9H2. The van der Waals surface area contributed by atoms with E-state index in [1.165, 1.54) is 12.1 Å². The lowest BCUT2D eigenvalue weighted by Crippen LogP contribution is -2.23. The molecule has 1 heterocycles. The van der Waals surface area contributed by atoms with Crippen molar-refractivity contribution in [1.82, 2.24) is 14.9 Å². The third-order valence-electron chi connectivity index (χ3n) is 3.09. The van der Waals surface area contributed by atoms with Gasteiger partial charge in [-0.05, 0) is 36.4 Å². The number of benzene rings is 2. The molecule has 0 aliphatic heterocycles. The first-order chi connectivity index (χ1) is 11.4. The van der Waals surface area contributed by atoms with Crippen LogP contribution < -0.4 is 4.72 Å². The molecule has 0 spiro atoms. The van der Waals surface area contributed by atoms with Crippen molar-refractivity contribution in [3.63, 3.8) is 0 Å². The smallest absolute Gasteiger partial charge is 0.242 e. The highest BCUT2D eigenvalue weighted by molar-refractivity contribution is 9.10. The van der Waals surface area contributed by atoms with E-state index in [1.807, 2.05) is 0 Å². The van der Waals surface area contributed by atoms with E-state index < -0.39 is 10.0 Å². The molecule has 124 valence electrons. The summed E-state index contributed by atoms with van der Waals surface area (Å²) in [6.45, 7) is -0.105. The number of rotatable bonds is 5. The van der Waals surface area contributed by atoms with Crippen molar-refractivity contribution in [2.24, 2.45) is 0 Å². The lowest BCUT2D eigenvalue weighted by atomic mass is 10.2. The van der Waals surface area contributed by atoms with Gasteiger partial charge in [0.1, 0.15) is 0 Å². The molecule has 3 aromatic rings. The number of halogens is 2. The normalized spacial score (nSPS) is 11.6. The van der Waals surface area contributed by atoms with Gasteiger partial charge in [0.05, 0.1) is 11.4 Å². The van der Waals surface area contributed by atoms with Crippen LogP contribution in [0.4, 0.5) is 0 Å². The second kappa shape index (κ2) is 7.02. The topological polar surface area (TPSA) is 85.1 Å². The Balaban J connectivity index is 1.72. The Bertz CT molecular complexity index is 958. The molecule has 0 fully saturated rings. The number of nitrogens with zero attached hydrogens (tertiary/aromatic N) is 2.